The summed E-state index contributed by atoms with van der Waals surface area (Å²) in [6.07, 6.45) is 1.01. The Morgan fingerprint density at radius 1 is 1.56 bits per heavy atom. The Hall–Kier alpha value is 4.68. The van der Waals surface area contributed by atoms with Crippen LogP contribution in [0.3, 0.4) is 0 Å². The molecule has 0 amide bonds. The molecule has 0 radical (unpaired) electrons. The Morgan fingerprint density at radius 3 is 2.67 bits per heavy atom. The molecule has 9 heavy (non-hydrogen) atoms. The van der Waals surface area contributed by atoms with Crippen LogP contribution in [0.1, 0.15) is 0 Å². The molecule has 0 spiro atoms. The van der Waals surface area contributed by atoms with Crippen molar-refractivity contribution < 1.29 is 73.7 Å². The predicted molar refractivity (Wildman–Crippen MR) is 34.8 cm³/mol. The van der Waals surface area contributed by atoms with E-state index in [1.165, 1.54) is 0 Å². The summed E-state index contributed by atoms with van der Waals surface area (Å²) in [5.74, 6) is 0. The van der Waals surface area contributed by atoms with Crippen molar-refractivity contribution in [2.24, 2.45) is 0 Å². The molecule has 0 unspecified atom stereocenters. The molecule has 0 aliphatic carbocycles. The first-order chi connectivity index (χ1) is 4.27. The van der Waals surface area contributed by atoms with Gasteiger partial charge in [-0.15, -0.1) is 0 Å². The summed E-state index contributed by atoms with van der Waals surface area (Å²) in [4.78, 5) is 0. The summed E-state index contributed by atoms with van der Waals surface area (Å²) in [7, 11) is 6.34. The molecule has 0 nitrogen and oxygen atoms in total. The fourth-order valence-corrected chi connectivity index (χ4v) is 122. The standard InChI is InChI=1S/CH7B4.4Y/c1-4-5(2)3;;;;/h4H,1-3H2;;;;. The molecule has 0 N–H and O–H groups in total. The van der Waals surface area contributed by atoms with Gasteiger partial charge >= 0.3 is 106 Å². The van der Waals surface area contributed by atoms with Crippen molar-refractivity contribution in [2.45, 2.75) is 3.13 Å². The maximum absolute atomic E-state index is 2.37. The van der Waals surface area contributed by atoms with Gasteiger partial charge in [0.2, 0.25) is 0 Å². The van der Waals surface area contributed by atoms with Crippen LogP contribution in [0.5, 0.6) is 0 Å². The van der Waals surface area contributed by atoms with Gasteiger partial charge in [0, 0.05) is 0 Å². The molecule has 0 aromatic carbocycles. The molecule has 0 aliphatic rings. The van der Waals surface area contributed by atoms with Crippen LogP contribution in [0.2, 0.25) is 3.13 Å². The molecule has 0 aromatic heterocycles. The molecule has 0 atom stereocenters. The fourth-order valence-electron chi connectivity index (χ4n) is 0.604. The van der Waals surface area contributed by atoms with Gasteiger partial charge in [-0.1, -0.05) is 0 Å². The summed E-state index contributed by atoms with van der Waals surface area (Å²) in [6, 6.07) is 0. The quantitative estimate of drug-likeness (QED) is 0.345. The first kappa shape index (κ1) is 13.7. The first-order valence-electron chi connectivity index (χ1n) is 3.47. The van der Waals surface area contributed by atoms with Crippen LogP contribution in [0, 0.1) is 0 Å². The average Bonchev–Trinajstić information content (AvgIpc) is 1.80. The third-order valence-corrected chi connectivity index (χ3v) is 172. The molecule has 35 valence electrons. The Balaban J connectivity index is 2.75. The molecule has 0 fully saturated rings. The van der Waals surface area contributed by atoms with E-state index in [9.17, 15) is 0 Å². The molecular formula is CH7B4Y4. The minimum absolute atomic E-state index is 0.281. The summed E-state index contributed by atoms with van der Waals surface area (Å²) < 4.78 is 1.78. The molecule has 0 aromatic rings. The van der Waals surface area contributed by atoms with Crippen molar-refractivity contribution in [3.8, 4) is 0 Å². The fraction of sp³-hybridized carbons (Fsp3) is 1.00. The average molecular weight is 418 g/mol. The van der Waals surface area contributed by atoms with Crippen molar-refractivity contribution in [3.05, 3.63) is 0 Å². The van der Waals surface area contributed by atoms with E-state index < -0.39 is 0 Å². The Morgan fingerprint density at radius 2 is 2.22 bits per heavy atom. The monoisotopic (exact) mass is 419 g/mol. The van der Waals surface area contributed by atoms with Crippen LogP contribution in [-0.4, -0.2) is 29.0 Å². The summed E-state index contributed by atoms with van der Waals surface area (Å²) >= 11 is 2.90. The normalized spacial score (nSPS) is 6.11. The zero-order chi connectivity index (χ0) is 7.11. The van der Waals surface area contributed by atoms with E-state index in [1.807, 2.05) is 0 Å². The van der Waals surface area contributed by atoms with Crippen LogP contribution in [-0.2, 0) is 73.7 Å². The molecule has 0 aliphatic heterocycles. The second-order valence-electron chi connectivity index (χ2n) is 2.59. The van der Waals surface area contributed by atoms with Gasteiger partial charge in [0.1, 0.15) is 0 Å². The first-order valence-corrected chi connectivity index (χ1v) is 39.5. The molecule has 0 saturated carbocycles. The van der Waals surface area contributed by atoms with Gasteiger partial charge in [0.05, 0.1) is 0 Å². The Labute approximate surface area is 101 Å². The topological polar surface area (TPSA) is 0 Å². The van der Waals surface area contributed by atoms with Gasteiger partial charge in [-0.3, -0.25) is 0 Å². The van der Waals surface area contributed by atoms with Crippen LogP contribution in [0.15, 0.2) is 0 Å². The van der Waals surface area contributed by atoms with E-state index in [2.05, 4.69) is 15.5 Å². The van der Waals surface area contributed by atoms with Crippen LogP contribution in [0.4, 0.5) is 0 Å². The van der Waals surface area contributed by atoms with E-state index in [0.717, 1.165) is 6.39 Å². The van der Waals surface area contributed by atoms with E-state index >= 15 is 0 Å². The van der Waals surface area contributed by atoms with Crippen molar-refractivity contribution in [1.82, 2.24) is 0 Å². The van der Waals surface area contributed by atoms with Gasteiger partial charge in [0.25, 0.3) is 0 Å². The molecule has 0 bridgehead atoms. The van der Waals surface area contributed by atoms with E-state index in [0.29, 0.717) is 28.5 Å². The van der Waals surface area contributed by atoms with Crippen LogP contribution in [0.25, 0.3) is 0 Å². The zero-order valence-corrected chi connectivity index (χ0v) is 17.7. The molecule has 0 rings (SSSR count). The second-order valence-corrected chi connectivity index (χ2v) is 91.3. The number of hydrogen-bond acceptors (Lipinski definition) is 0. The maximum atomic E-state index is 2.37. The summed E-state index contributed by atoms with van der Waals surface area (Å²) in [5, 5.41) is 0. The van der Waals surface area contributed by atoms with E-state index in [1.54, 1.807) is 33.8 Å². The summed E-state index contributed by atoms with van der Waals surface area (Å²) in [6.45, 7) is 0. The van der Waals surface area contributed by atoms with Gasteiger partial charge in [-0.2, -0.15) is 0 Å². The summed E-state index contributed by atoms with van der Waals surface area (Å²) in [5.41, 5.74) is 0. The third-order valence-electron chi connectivity index (χ3n) is 1.16. The molecule has 0 heterocycles. The Kier molecular flexibility index (Phi) is 16.3. The Bertz CT molecular complexity index is 58.5. The SMILES string of the molecule is BB(B)B[CH2][Y][Y][Y][Y]. The molecule has 0 saturated heterocycles. The number of hydrogen-bond donors (Lipinski definition) is 0. The minimum atomic E-state index is 0.281. The van der Waals surface area contributed by atoms with Gasteiger partial charge in [0.15, 0.2) is 0 Å². The van der Waals surface area contributed by atoms with E-state index in [-0.39, 0.29) is 21.7 Å². The van der Waals surface area contributed by atoms with Crippen LogP contribution < -0.4 is 0 Å². The van der Waals surface area contributed by atoms with Crippen molar-refractivity contribution in [2.75, 3.05) is 0 Å². The number of rotatable bonds is 5. The zero-order valence-electron chi connectivity index (χ0n) is 6.30. The predicted octanol–water partition coefficient (Wildman–Crippen LogP) is -2.41. The molecule has 8 heteroatoms. The second kappa shape index (κ2) is 10.8. The van der Waals surface area contributed by atoms with Gasteiger partial charge in [-0.05, 0) is 0 Å². The van der Waals surface area contributed by atoms with Gasteiger partial charge < -0.3 is 0 Å². The van der Waals surface area contributed by atoms with Gasteiger partial charge in [-0.25, -0.2) is 0 Å². The van der Waals surface area contributed by atoms with Crippen molar-refractivity contribution in [1.29, 1.82) is 0 Å². The van der Waals surface area contributed by atoms with Crippen molar-refractivity contribution >= 4 is 29.0 Å². The van der Waals surface area contributed by atoms with Crippen molar-refractivity contribution in [3.63, 3.8) is 0 Å². The molecular weight excluding hydrogens is 411 g/mol. The van der Waals surface area contributed by atoms with E-state index in [4.69, 9.17) is 0 Å². The third kappa shape index (κ3) is 12.7. The van der Waals surface area contributed by atoms with Crippen LogP contribution >= 0.6 is 0 Å².